The Morgan fingerprint density at radius 3 is 3.15 bits per heavy atom. The SMILES string of the molecule is Cn1nc(CCN)c2cnccc21. The summed E-state index contributed by atoms with van der Waals surface area (Å²) in [6.45, 7) is 0.626. The van der Waals surface area contributed by atoms with Crippen molar-refractivity contribution >= 4 is 10.9 Å². The highest BCUT2D eigenvalue weighted by atomic mass is 15.3. The number of fused-ring (bicyclic) bond motifs is 1. The van der Waals surface area contributed by atoms with Crippen molar-refractivity contribution in [2.45, 2.75) is 6.42 Å². The average Bonchev–Trinajstić information content (AvgIpc) is 2.46. The second-order valence-corrected chi connectivity index (χ2v) is 3.00. The third-order valence-corrected chi connectivity index (χ3v) is 2.11. The van der Waals surface area contributed by atoms with Crippen molar-refractivity contribution in [3.05, 3.63) is 24.2 Å². The summed E-state index contributed by atoms with van der Waals surface area (Å²) in [5.41, 5.74) is 7.64. The van der Waals surface area contributed by atoms with Gasteiger partial charge in [-0.1, -0.05) is 0 Å². The van der Waals surface area contributed by atoms with Gasteiger partial charge in [-0.25, -0.2) is 0 Å². The molecule has 68 valence electrons. The normalized spacial score (nSPS) is 10.9. The molecule has 0 aliphatic rings. The highest BCUT2D eigenvalue weighted by Gasteiger charge is 2.06. The van der Waals surface area contributed by atoms with Crippen LogP contribution in [0.1, 0.15) is 5.69 Å². The fraction of sp³-hybridized carbons (Fsp3) is 0.333. The van der Waals surface area contributed by atoms with Crippen LogP contribution in [0, 0.1) is 0 Å². The lowest BCUT2D eigenvalue weighted by molar-refractivity contribution is 0.761. The van der Waals surface area contributed by atoms with Crippen LogP contribution >= 0.6 is 0 Å². The molecule has 0 unspecified atom stereocenters. The molecular weight excluding hydrogens is 164 g/mol. The molecule has 0 radical (unpaired) electrons. The number of hydrogen-bond donors (Lipinski definition) is 1. The van der Waals surface area contributed by atoms with Crippen molar-refractivity contribution in [2.24, 2.45) is 12.8 Å². The van der Waals surface area contributed by atoms with E-state index in [0.717, 1.165) is 23.0 Å². The predicted octanol–water partition coefficient (Wildman–Crippen LogP) is 0.469. The zero-order chi connectivity index (χ0) is 9.26. The molecule has 0 saturated carbocycles. The highest BCUT2D eigenvalue weighted by molar-refractivity contribution is 5.80. The van der Waals surface area contributed by atoms with E-state index in [1.165, 1.54) is 0 Å². The lowest BCUT2D eigenvalue weighted by Gasteiger charge is -1.91. The number of hydrogen-bond acceptors (Lipinski definition) is 3. The molecule has 4 heteroatoms. The van der Waals surface area contributed by atoms with Crippen molar-refractivity contribution < 1.29 is 0 Å². The molecule has 4 nitrogen and oxygen atoms in total. The Morgan fingerprint density at radius 2 is 2.38 bits per heavy atom. The van der Waals surface area contributed by atoms with Crippen LogP contribution in [0.2, 0.25) is 0 Å². The first-order valence-corrected chi connectivity index (χ1v) is 4.28. The Bertz CT molecular complexity index is 418. The largest absolute Gasteiger partial charge is 0.330 e. The van der Waals surface area contributed by atoms with Gasteiger partial charge in [-0.2, -0.15) is 5.10 Å². The third kappa shape index (κ3) is 1.29. The molecule has 0 aliphatic carbocycles. The van der Waals surface area contributed by atoms with Crippen molar-refractivity contribution in [3.63, 3.8) is 0 Å². The molecular formula is C9H12N4. The topological polar surface area (TPSA) is 56.7 Å². The molecule has 2 aromatic rings. The second kappa shape index (κ2) is 3.14. The summed E-state index contributed by atoms with van der Waals surface area (Å²) in [6, 6.07) is 1.96. The van der Waals surface area contributed by atoms with Gasteiger partial charge in [0.1, 0.15) is 0 Å². The van der Waals surface area contributed by atoms with Gasteiger partial charge in [0.25, 0.3) is 0 Å². The highest BCUT2D eigenvalue weighted by Crippen LogP contribution is 2.15. The van der Waals surface area contributed by atoms with E-state index < -0.39 is 0 Å². The van der Waals surface area contributed by atoms with Gasteiger partial charge in [-0.05, 0) is 12.6 Å². The molecule has 0 saturated heterocycles. The first-order chi connectivity index (χ1) is 6.33. The van der Waals surface area contributed by atoms with E-state index in [-0.39, 0.29) is 0 Å². The maximum absolute atomic E-state index is 5.49. The van der Waals surface area contributed by atoms with Gasteiger partial charge in [0.05, 0.1) is 11.2 Å². The van der Waals surface area contributed by atoms with Crippen LogP contribution in [0.25, 0.3) is 10.9 Å². The summed E-state index contributed by atoms with van der Waals surface area (Å²) in [4.78, 5) is 4.07. The summed E-state index contributed by atoms with van der Waals surface area (Å²) in [6.07, 6.45) is 4.42. The summed E-state index contributed by atoms with van der Waals surface area (Å²) in [5, 5.41) is 5.48. The van der Waals surface area contributed by atoms with Crippen LogP contribution in [0.4, 0.5) is 0 Å². The quantitative estimate of drug-likeness (QED) is 0.723. The van der Waals surface area contributed by atoms with Gasteiger partial charge in [0.15, 0.2) is 0 Å². The minimum atomic E-state index is 0.626. The van der Waals surface area contributed by atoms with Gasteiger partial charge >= 0.3 is 0 Å². The smallest absolute Gasteiger partial charge is 0.0731 e. The van der Waals surface area contributed by atoms with Crippen molar-refractivity contribution in [3.8, 4) is 0 Å². The van der Waals surface area contributed by atoms with E-state index in [1.54, 1.807) is 6.20 Å². The summed E-state index contributed by atoms with van der Waals surface area (Å²) >= 11 is 0. The minimum absolute atomic E-state index is 0.626. The zero-order valence-corrected chi connectivity index (χ0v) is 7.57. The van der Waals surface area contributed by atoms with Crippen LogP contribution in [0.15, 0.2) is 18.5 Å². The summed E-state index contributed by atoms with van der Waals surface area (Å²) in [5.74, 6) is 0. The summed E-state index contributed by atoms with van der Waals surface area (Å²) in [7, 11) is 1.93. The van der Waals surface area contributed by atoms with Gasteiger partial charge in [-0.3, -0.25) is 9.67 Å². The van der Waals surface area contributed by atoms with E-state index >= 15 is 0 Å². The van der Waals surface area contributed by atoms with Crippen molar-refractivity contribution in [2.75, 3.05) is 6.54 Å². The molecule has 0 spiro atoms. The number of pyridine rings is 1. The van der Waals surface area contributed by atoms with Gasteiger partial charge in [0.2, 0.25) is 0 Å². The standard InChI is InChI=1S/C9H12N4/c1-13-9-3-5-11-6-7(9)8(12-13)2-4-10/h3,5-6H,2,4,10H2,1H3. The number of rotatable bonds is 2. The molecule has 2 rings (SSSR count). The number of aryl methyl sites for hydroxylation is 1. The van der Waals surface area contributed by atoms with Crippen molar-refractivity contribution in [1.82, 2.24) is 14.8 Å². The van der Waals surface area contributed by atoms with Gasteiger partial charge in [0, 0.05) is 31.2 Å². The van der Waals surface area contributed by atoms with Crippen LogP contribution in [-0.4, -0.2) is 21.3 Å². The Kier molecular flexibility index (Phi) is 1.98. The molecule has 2 aromatic heterocycles. The Morgan fingerprint density at radius 1 is 1.54 bits per heavy atom. The van der Waals surface area contributed by atoms with Crippen LogP contribution in [0.3, 0.4) is 0 Å². The van der Waals surface area contributed by atoms with Crippen LogP contribution < -0.4 is 5.73 Å². The number of nitrogens with two attached hydrogens (primary N) is 1. The van der Waals surface area contributed by atoms with E-state index in [2.05, 4.69) is 10.1 Å². The molecule has 0 atom stereocenters. The van der Waals surface area contributed by atoms with Crippen LogP contribution in [-0.2, 0) is 13.5 Å². The first kappa shape index (κ1) is 8.19. The van der Waals surface area contributed by atoms with E-state index in [0.29, 0.717) is 6.54 Å². The lowest BCUT2D eigenvalue weighted by Crippen LogP contribution is -2.03. The van der Waals surface area contributed by atoms with Gasteiger partial charge < -0.3 is 5.73 Å². The Hall–Kier alpha value is -1.42. The Balaban J connectivity index is 2.63. The Labute approximate surface area is 76.4 Å². The maximum Gasteiger partial charge on any atom is 0.0731 e. The summed E-state index contributed by atoms with van der Waals surface area (Å²) < 4.78 is 1.86. The minimum Gasteiger partial charge on any atom is -0.330 e. The molecule has 0 aliphatic heterocycles. The van der Waals surface area contributed by atoms with Gasteiger partial charge in [-0.15, -0.1) is 0 Å². The molecule has 0 aromatic carbocycles. The number of nitrogens with zero attached hydrogens (tertiary/aromatic N) is 3. The molecule has 13 heavy (non-hydrogen) atoms. The zero-order valence-electron chi connectivity index (χ0n) is 7.57. The van der Waals surface area contributed by atoms with E-state index in [1.807, 2.05) is 24.0 Å². The van der Waals surface area contributed by atoms with E-state index in [4.69, 9.17) is 5.73 Å². The molecule has 0 fully saturated rings. The third-order valence-electron chi connectivity index (χ3n) is 2.11. The van der Waals surface area contributed by atoms with Crippen LogP contribution in [0.5, 0.6) is 0 Å². The first-order valence-electron chi connectivity index (χ1n) is 4.28. The fourth-order valence-electron chi connectivity index (χ4n) is 1.50. The van der Waals surface area contributed by atoms with Crippen molar-refractivity contribution in [1.29, 1.82) is 0 Å². The maximum atomic E-state index is 5.49. The van der Waals surface area contributed by atoms with E-state index in [9.17, 15) is 0 Å². The molecule has 0 bridgehead atoms. The average molecular weight is 176 g/mol. The lowest BCUT2D eigenvalue weighted by atomic mass is 10.2. The molecule has 2 N–H and O–H groups in total. The number of aromatic nitrogens is 3. The second-order valence-electron chi connectivity index (χ2n) is 3.00. The predicted molar refractivity (Wildman–Crippen MR) is 51.3 cm³/mol. The monoisotopic (exact) mass is 176 g/mol. The molecule has 2 heterocycles. The molecule has 0 amide bonds. The fourth-order valence-corrected chi connectivity index (χ4v) is 1.50.